The van der Waals surface area contributed by atoms with Crippen LogP contribution in [0.4, 0.5) is 5.69 Å². The van der Waals surface area contributed by atoms with Crippen molar-refractivity contribution >= 4 is 40.1 Å². The molecule has 152 valence electrons. The smallest absolute Gasteiger partial charge is 0.375 e. The van der Waals surface area contributed by atoms with Gasteiger partial charge < -0.3 is 23.9 Å². The Bertz CT molecular complexity index is 1070. The molecule has 1 heterocycles. The molecule has 1 amide bonds. The molecule has 8 heteroatoms. The SMILES string of the molecule is COc1ccc2oc(C(=O)O[C@@H](C)C(=O)Nc3ccc(OC)c(Cl)c3)c(C)c2c1. The van der Waals surface area contributed by atoms with Crippen molar-refractivity contribution in [2.75, 3.05) is 19.5 Å². The van der Waals surface area contributed by atoms with Gasteiger partial charge in [-0.25, -0.2) is 4.79 Å². The molecule has 3 rings (SSSR count). The number of hydrogen-bond donors (Lipinski definition) is 1. The van der Waals surface area contributed by atoms with Crippen LogP contribution in [0.3, 0.4) is 0 Å². The first kappa shape index (κ1) is 20.5. The normalized spacial score (nSPS) is 11.8. The minimum absolute atomic E-state index is 0.0420. The van der Waals surface area contributed by atoms with Gasteiger partial charge in [0.05, 0.1) is 19.2 Å². The van der Waals surface area contributed by atoms with Crippen LogP contribution in [0.2, 0.25) is 5.02 Å². The van der Waals surface area contributed by atoms with Crippen LogP contribution < -0.4 is 14.8 Å². The van der Waals surface area contributed by atoms with E-state index in [4.69, 9.17) is 30.2 Å². The Kier molecular flexibility index (Phi) is 5.98. The Balaban J connectivity index is 1.71. The lowest BCUT2D eigenvalue weighted by molar-refractivity contribution is -0.123. The maximum absolute atomic E-state index is 12.5. The van der Waals surface area contributed by atoms with E-state index >= 15 is 0 Å². The first-order valence-corrected chi connectivity index (χ1v) is 9.14. The number of carbonyl (C=O) groups is 2. The van der Waals surface area contributed by atoms with Crippen molar-refractivity contribution in [1.29, 1.82) is 0 Å². The van der Waals surface area contributed by atoms with Crippen LogP contribution in [0, 0.1) is 6.92 Å². The fourth-order valence-corrected chi connectivity index (χ4v) is 3.04. The van der Waals surface area contributed by atoms with Gasteiger partial charge in [0.2, 0.25) is 5.76 Å². The third kappa shape index (κ3) is 4.30. The second kappa shape index (κ2) is 8.45. The lowest BCUT2D eigenvalue weighted by Gasteiger charge is -2.13. The second-order valence-corrected chi connectivity index (χ2v) is 6.71. The minimum Gasteiger partial charge on any atom is -0.497 e. The summed E-state index contributed by atoms with van der Waals surface area (Å²) in [5.74, 6) is -0.0585. The summed E-state index contributed by atoms with van der Waals surface area (Å²) in [7, 11) is 3.05. The van der Waals surface area contributed by atoms with E-state index < -0.39 is 18.0 Å². The van der Waals surface area contributed by atoms with Gasteiger partial charge in [-0.1, -0.05) is 11.6 Å². The standard InChI is InChI=1S/C21H20ClNO6/c1-11-15-10-14(26-3)6-8-17(15)29-19(11)21(25)28-12(2)20(24)23-13-5-7-18(27-4)16(22)9-13/h5-10,12H,1-4H3,(H,23,24)/t12-/m0/s1. The maximum Gasteiger partial charge on any atom is 0.375 e. The van der Waals surface area contributed by atoms with E-state index in [1.807, 2.05) is 0 Å². The van der Waals surface area contributed by atoms with E-state index in [0.29, 0.717) is 33.4 Å². The zero-order chi connectivity index (χ0) is 21.1. The predicted molar refractivity (Wildman–Crippen MR) is 109 cm³/mol. The number of esters is 1. The van der Waals surface area contributed by atoms with E-state index in [1.165, 1.54) is 14.0 Å². The summed E-state index contributed by atoms with van der Waals surface area (Å²) in [4.78, 5) is 24.9. The number of rotatable bonds is 6. The number of nitrogens with one attached hydrogen (secondary N) is 1. The largest absolute Gasteiger partial charge is 0.497 e. The number of amides is 1. The van der Waals surface area contributed by atoms with Gasteiger partial charge in [-0.3, -0.25) is 4.79 Å². The predicted octanol–water partition coefficient (Wildman–Crippen LogP) is 4.60. The molecule has 0 saturated carbocycles. The van der Waals surface area contributed by atoms with Crippen LogP contribution >= 0.6 is 11.6 Å². The molecule has 2 aromatic carbocycles. The van der Waals surface area contributed by atoms with E-state index in [1.54, 1.807) is 50.4 Å². The van der Waals surface area contributed by atoms with Gasteiger partial charge in [0.25, 0.3) is 5.91 Å². The van der Waals surface area contributed by atoms with Crippen molar-refractivity contribution in [3.63, 3.8) is 0 Å². The monoisotopic (exact) mass is 417 g/mol. The van der Waals surface area contributed by atoms with Gasteiger partial charge in [0, 0.05) is 16.6 Å². The summed E-state index contributed by atoms with van der Waals surface area (Å²) in [5.41, 5.74) is 1.59. The van der Waals surface area contributed by atoms with Gasteiger partial charge in [-0.2, -0.15) is 0 Å². The van der Waals surface area contributed by atoms with Crippen LogP contribution in [0.5, 0.6) is 11.5 Å². The highest BCUT2D eigenvalue weighted by Crippen LogP contribution is 2.30. The molecule has 0 unspecified atom stereocenters. The summed E-state index contributed by atoms with van der Waals surface area (Å²) in [5, 5.41) is 3.73. The lowest BCUT2D eigenvalue weighted by atomic mass is 10.1. The highest BCUT2D eigenvalue weighted by molar-refractivity contribution is 6.32. The fraction of sp³-hybridized carbons (Fsp3) is 0.238. The van der Waals surface area contributed by atoms with E-state index in [0.717, 1.165) is 5.39 Å². The summed E-state index contributed by atoms with van der Waals surface area (Å²) in [6.07, 6.45) is -1.05. The molecule has 0 aliphatic rings. The van der Waals surface area contributed by atoms with Gasteiger partial charge >= 0.3 is 5.97 Å². The van der Waals surface area contributed by atoms with Crippen molar-refractivity contribution in [2.24, 2.45) is 0 Å². The number of fused-ring (bicyclic) bond motifs is 1. The average Bonchev–Trinajstić information content (AvgIpc) is 3.04. The van der Waals surface area contributed by atoms with Crippen LogP contribution in [-0.4, -0.2) is 32.2 Å². The summed E-state index contributed by atoms with van der Waals surface area (Å²) in [6.45, 7) is 3.21. The Morgan fingerprint density at radius 2 is 1.86 bits per heavy atom. The molecule has 0 radical (unpaired) electrons. The van der Waals surface area contributed by atoms with E-state index in [9.17, 15) is 9.59 Å². The molecule has 1 atom stereocenters. The maximum atomic E-state index is 12.5. The highest BCUT2D eigenvalue weighted by Gasteiger charge is 2.24. The Morgan fingerprint density at radius 1 is 1.10 bits per heavy atom. The fourth-order valence-electron chi connectivity index (χ4n) is 2.78. The number of furan rings is 1. The molecular formula is C21H20ClNO6. The molecule has 1 aromatic heterocycles. The summed E-state index contributed by atoms with van der Waals surface area (Å²) in [6, 6.07) is 10.0. The number of benzene rings is 2. The Hall–Kier alpha value is -3.19. The third-order valence-corrected chi connectivity index (χ3v) is 4.70. The van der Waals surface area contributed by atoms with Crippen molar-refractivity contribution in [1.82, 2.24) is 0 Å². The molecule has 0 spiro atoms. The minimum atomic E-state index is -1.05. The molecule has 0 aliphatic heterocycles. The zero-order valence-electron chi connectivity index (χ0n) is 16.4. The Morgan fingerprint density at radius 3 is 2.52 bits per heavy atom. The summed E-state index contributed by atoms with van der Waals surface area (Å²) >= 11 is 6.05. The van der Waals surface area contributed by atoms with Crippen molar-refractivity contribution in [3.8, 4) is 11.5 Å². The number of methoxy groups -OCH3 is 2. The number of anilines is 1. The molecule has 29 heavy (non-hydrogen) atoms. The quantitative estimate of drug-likeness (QED) is 0.590. The van der Waals surface area contributed by atoms with E-state index in [-0.39, 0.29) is 5.76 Å². The third-order valence-electron chi connectivity index (χ3n) is 4.40. The molecule has 7 nitrogen and oxygen atoms in total. The van der Waals surface area contributed by atoms with Crippen LogP contribution in [0.1, 0.15) is 23.0 Å². The van der Waals surface area contributed by atoms with Crippen molar-refractivity contribution in [2.45, 2.75) is 20.0 Å². The van der Waals surface area contributed by atoms with Crippen LogP contribution in [-0.2, 0) is 9.53 Å². The van der Waals surface area contributed by atoms with Gasteiger partial charge in [0.1, 0.15) is 17.1 Å². The second-order valence-electron chi connectivity index (χ2n) is 6.30. The highest BCUT2D eigenvalue weighted by atomic mass is 35.5. The molecule has 0 aliphatic carbocycles. The molecule has 0 fully saturated rings. The topological polar surface area (TPSA) is 87.0 Å². The average molecular weight is 418 g/mol. The number of carbonyl (C=O) groups excluding carboxylic acids is 2. The molecule has 0 saturated heterocycles. The zero-order valence-corrected chi connectivity index (χ0v) is 17.1. The number of aryl methyl sites for hydroxylation is 1. The molecule has 1 N–H and O–H groups in total. The molecule has 0 bridgehead atoms. The van der Waals surface area contributed by atoms with Gasteiger partial charge in [-0.05, 0) is 50.2 Å². The Labute approximate surface area is 172 Å². The van der Waals surface area contributed by atoms with Crippen molar-refractivity contribution in [3.05, 3.63) is 52.7 Å². The van der Waals surface area contributed by atoms with Gasteiger partial charge in [0.15, 0.2) is 6.10 Å². The van der Waals surface area contributed by atoms with Crippen LogP contribution in [0.25, 0.3) is 11.0 Å². The number of halogens is 1. The first-order valence-electron chi connectivity index (χ1n) is 8.76. The van der Waals surface area contributed by atoms with Gasteiger partial charge in [-0.15, -0.1) is 0 Å². The first-order chi connectivity index (χ1) is 13.8. The van der Waals surface area contributed by atoms with Crippen molar-refractivity contribution < 1.29 is 28.2 Å². The number of ether oxygens (including phenoxy) is 3. The lowest BCUT2D eigenvalue weighted by Crippen LogP contribution is -2.30. The number of hydrogen-bond acceptors (Lipinski definition) is 6. The molecular weight excluding hydrogens is 398 g/mol. The summed E-state index contributed by atoms with van der Waals surface area (Å²) < 4.78 is 21.2. The van der Waals surface area contributed by atoms with Crippen LogP contribution in [0.15, 0.2) is 40.8 Å². The molecule has 3 aromatic rings. The van der Waals surface area contributed by atoms with E-state index in [2.05, 4.69) is 5.32 Å².